The summed E-state index contributed by atoms with van der Waals surface area (Å²) in [5, 5.41) is 3.50. The van der Waals surface area contributed by atoms with Gasteiger partial charge in [-0.05, 0) is 43.7 Å². The van der Waals surface area contributed by atoms with E-state index in [4.69, 9.17) is 4.74 Å². The Hall–Kier alpha value is -3.29. The minimum Gasteiger partial charge on any atom is -0.497 e. The van der Waals surface area contributed by atoms with Crippen LogP contribution in [0.5, 0.6) is 5.75 Å². The number of ether oxygens (including phenoxy) is 1. The Morgan fingerprint density at radius 1 is 0.971 bits per heavy atom. The highest BCUT2D eigenvalue weighted by Gasteiger charge is 2.17. The number of aryl methyl sites for hydroxylation is 2. The fourth-order valence-electron chi connectivity index (χ4n) is 3.12. The maximum atomic E-state index is 13.3. The number of anilines is 1. The summed E-state index contributed by atoms with van der Waals surface area (Å²) < 4.78 is 5.27. The summed E-state index contributed by atoms with van der Waals surface area (Å²) in [6.07, 6.45) is 1.73. The van der Waals surface area contributed by atoms with Crippen molar-refractivity contribution in [3.63, 3.8) is 0 Å². The highest BCUT2D eigenvalue weighted by molar-refractivity contribution is 7.99. The van der Waals surface area contributed by atoms with Crippen LogP contribution in [0.4, 0.5) is 5.69 Å². The first kappa shape index (κ1) is 23.9. The Labute approximate surface area is 208 Å². The first-order valence-corrected chi connectivity index (χ1v) is 12.6. The van der Waals surface area contributed by atoms with Crippen molar-refractivity contribution in [3.05, 3.63) is 101 Å². The van der Waals surface area contributed by atoms with Crippen LogP contribution in [0.25, 0.3) is 0 Å². The molecule has 1 aromatic heterocycles. The molecule has 1 heterocycles. The lowest BCUT2D eigenvalue weighted by Crippen LogP contribution is -2.16. The number of methoxy groups -OCH3 is 1. The first-order chi connectivity index (χ1) is 16.5. The molecule has 0 bridgehead atoms. The average Bonchev–Trinajstić information content (AvgIpc) is 2.85. The van der Waals surface area contributed by atoms with Gasteiger partial charge in [0.2, 0.25) is 0 Å². The summed E-state index contributed by atoms with van der Waals surface area (Å²) in [4.78, 5) is 24.2. The number of hydrogen-bond donors (Lipinski definition) is 1. The van der Waals surface area contributed by atoms with Crippen molar-refractivity contribution in [2.45, 2.75) is 34.5 Å². The van der Waals surface area contributed by atoms with Gasteiger partial charge in [0, 0.05) is 28.6 Å². The van der Waals surface area contributed by atoms with Gasteiger partial charge in [-0.2, -0.15) is 0 Å². The SMILES string of the molecule is COc1cccc(NC(=O)c2nc(SCc3ccc(C)cc3)ncc2Sc2ccc(C)cc2)c1. The van der Waals surface area contributed by atoms with E-state index in [9.17, 15) is 4.79 Å². The van der Waals surface area contributed by atoms with E-state index in [1.807, 2.05) is 49.4 Å². The number of carbonyl (C=O) groups is 1. The third-order valence-electron chi connectivity index (χ3n) is 5.01. The summed E-state index contributed by atoms with van der Waals surface area (Å²) in [5.74, 6) is 1.10. The quantitative estimate of drug-likeness (QED) is 0.218. The molecule has 0 fully saturated rings. The highest BCUT2D eigenvalue weighted by atomic mass is 32.2. The third-order valence-corrected chi connectivity index (χ3v) is 6.97. The van der Waals surface area contributed by atoms with Gasteiger partial charge in [0.05, 0.1) is 12.0 Å². The van der Waals surface area contributed by atoms with Gasteiger partial charge in [-0.3, -0.25) is 4.79 Å². The van der Waals surface area contributed by atoms with Crippen molar-refractivity contribution in [2.75, 3.05) is 12.4 Å². The molecule has 7 heteroatoms. The van der Waals surface area contributed by atoms with E-state index in [-0.39, 0.29) is 5.91 Å². The van der Waals surface area contributed by atoms with E-state index < -0.39 is 0 Å². The van der Waals surface area contributed by atoms with E-state index in [1.54, 1.807) is 19.4 Å². The van der Waals surface area contributed by atoms with Gasteiger partial charge in [-0.15, -0.1) is 0 Å². The molecule has 4 rings (SSSR count). The number of nitrogens with zero attached hydrogens (tertiary/aromatic N) is 2. The van der Waals surface area contributed by atoms with Gasteiger partial charge in [0.15, 0.2) is 5.16 Å². The molecule has 34 heavy (non-hydrogen) atoms. The molecule has 0 spiro atoms. The number of thioether (sulfide) groups is 1. The molecule has 0 radical (unpaired) electrons. The van der Waals surface area contributed by atoms with Gasteiger partial charge < -0.3 is 10.1 Å². The second-order valence-electron chi connectivity index (χ2n) is 7.74. The minimum atomic E-state index is -0.289. The number of hydrogen-bond acceptors (Lipinski definition) is 6. The molecular formula is C27H25N3O2S2. The zero-order valence-electron chi connectivity index (χ0n) is 19.2. The summed E-state index contributed by atoms with van der Waals surface area (Å²) in [6.45, 7) is 4.11. The van der Waals surface area contributed by atoms with Crippen LogP contribution in [0.15, 0.2) is 93.9 Å². The average molecular weight is 488 g/mol. The van der Waals surface area contributed by atoms with Crippen molar-refractivity contribution in [1.82, 2.24) is 9.97 Å². The maximum absolute atomic E-state index is 13.3. The summed E-state index contributed by atoms with van der Waals surface area (Å²) in [7, 11) is 1.60. The van der Waals surface area contributed by atoms with E-state index >= 15 is 0 Å². The topological polar surface area (TPSA) is 64.1 Å². The molecule has 0 aliphatic rings. The maximum Gasteiger partial charge on any atom is 0.275 e. The van der Waals surface area contributed by atoms with Crippen LogP contribution in [0.1, 0.15) is 27.2 Å². The normalized spacial score (nSPS) is 10.7. The van der Waals surface area contributed by atoms with Gasteiger partial charge in [0.1, 0.15) is 11.4 Å². The van der Waals surface area contributed by atoms with Crippen LogP contribution in [0.2, 0.25) is 0 Å². The fraction of sp³-hybridized carbons (Fsp3) is 0.148. The first-order valence-electron chi connectivity index (χ1n) is 10.8. The van der Waals surface area contributed by atoms with Crippen molar-refractivity contribution >= 4 is 35.1 Å². The molecule has 1 N–H and O–H groups in total. The van der Waals surface area contributed by atoms with Gasteiger partial charge in [-0.25, -0.2) is 9.97 Å². The van der Waals surface area contributed by atoms with Crippen LogP contribution in [0.3, 0.4) is 0 Å². The Bertz CT molecular complexity index is 1280. The number of carbonyl (C=O) groups excluding carboxylic acids is 1. The van der Waals surface area contributed by atoms with Gasteiger partial charge in [-0.1, -0.05) is 77.1 Å². The Morgan fingerprint density at radius 3 is 2.38 bits per heavy atom. The molecule has 3 aromatic carbocycles. The molecule has 0 saturated heterocycles. The minimum absolute atomic E-state index is 0.289. The predicted octanol–water partition coefficient (Wildman–Crippen LogP) is 6.80. The Morgan fingerprint density at radius 2 is 1.68 bits per heavy atom. The van der Waals surface area contributed by atoms with Crippen LogP contribution in [-0.4, -0.2) is 23.0 Å². The molecule has 0 unspecified atom stereocenters. The number of aromatic nitrogens is 2. The van der Waals surface area contributed by atoms with Gasteiger partial charge >= 0.3 is 0 Å². The van der Waals surface area contributed by atoms with E-state index in [0.717, 1.165) is 10.6 Å². The second kappa shape index (κ2) is 11.2. The Kier molecular flexibility index (Phi) is 7.87. The fourth-order valence-corrected chi connectivity index (χ4v) is 4.76. The van der Waals surface area contributed by atoms with Crippen LogP contribution < -0.4 is 10.1 Å². The molecule has 0 aliphatic heterocycles. The molecule has 0 aliphatic carbocycles. The van der Waals surface area contributed by atoms with E-state index in [2.05, 4.69) is 46.5 Å². The molecule has 1 amide bonds. The lowest BCUT2D eigenvalue weighted by molar-refractivity contribution is 0.101. The second-order valence-corrected chi connectivity index (χ2v) is 9.80. The number of benzene rings is 3. The number of amides is 1. The van der Waals surface area contributed by atoms with Gasteiger partial charge in [0.25, 0.3) is 5.91 Å². The third kappa shape index (κ3) is 6.40. The molecule has 5 nitrogen and oxygen atoms in total. The molecule has 0 saturated carbocycles. The summed E-state index contributed by atoms with van der Waals surface area (Å²) >= 11 is 2.98. The lowest BCUT2D eigenvalue weighted by Gasteiger charge is -2.11. The summed E-state index contributed by atoms with van der Waals surface area (Å²) in [5.41, 5.74) is 4.57. The molecule has 4 aromatic rings. The zero-order chi connectivity index (χ0) is 23.9. The van der Waals surface area contributed by atoms with Crippen LogP contribution in [0, 0.1) is 13.8 Å². The van der Waals surface area contributed by atoms with E-state index in [0.29, 0.717) is 27.2 Å². The molecule has 0 atom stereocenters. The highest BCUT2D eigenvalue weighted by Crippen LogP contribution is 2.32. The molecular weight excluding hydrogens is 462 g/mol. The van der Waals surface area contributed by atoms with Crippen molar-refractivity contribution < 1.29 is 9.53 Å². The smallest absolute Gasteiger partial charge is 0.275 e. The zero-order valence-corrected chi connectivity index (χ0v) is 20.9. The van der Waals surface area contributed by atoms with E-state index in [1.165, 1.54) is 40.2 Å². The number of rotatable bonds is 8. The monoisotopic (exact) mass is 487 g/mol. The standard InChI is InChI=1S/C27H25N3O2S2/c1-18-7-11-20(12-8-18)17-33-27-28-16-24(34-23-13-9-19(2)10-14-23)25(30-27)26(31)29-21-5-4-6-22(15-21)32-3/h4-16H,17H2,1-3H3,(H,29,31). The largest absolute Gasteiger partial charge is 0.497 e. The lowest BCUT2D eigenvalue weighted by atomic mass is 10.2. The predicted molar refractivity (Wildman–Crippen MR) is 139 cm³/mol. The number of nitrogens with one attached hydrogen (secondary N) is 1. The van der Waals surface area contributed by atoms with Crippen molar-refractivity contribution in [1.29, 1.82) is 0 Å². The van der Waals surface area contributed by atoms with Crippen LogP contribution >= 0.6 is 23.5 Å². The Balaban J connectivity index is 1.59. The summed E-state index contributed by atoms with van der Waals surface area (Å²) in [6, 6.07) is 23.8. The van der Waals surface area contributed by atoms with Crippen molar-refractivity contribution in [2.24, 2.45) is 0 Å². The molecule has 172 valence electrons. The van der Waals surface area contributed by atoms with Crippen molar-refractivity contribution in [3.8, 4) is 5.75 Å². The van der Waals surface area contributed by atoms with Crippen LogP contribution in [-0.2, 0) is 5.75 Å².